The second kappa shape index (κ2) is 8.02. The molecule has 1 amide bonds. The van der Waals surface area contributed by atoms with Crippen LogP contribution in [-0.2, 0) is 11.3 Å². The number of piperidine rings is 1. The molecule has 19 heavy (non-hydrogen) atoms. The highest BCUT2D eigenvalue weighted by Crippen LogP contribution is 2.11. The van der Waals surface area contributed by atoms with Crippen LogP contribution in [0.3, 0.4) is 0 Å². The Morgan fingerprint density at radius 1 is 1.37 bits per heavy atom. The summed E-state index contributed by atoms with van der Waals surface area (Å²) in [4.78, 5) is 11.9. The Morgan fingerprint density at radius 3 is 2.68 bits per heavy atom. The molecule has 0 aliphatic carbocycles. The van der Waals surface area contributed by atoms with Gasteiger partial charge >= 0.3 is 0 Å². The van der Waals surface area contributed by atoms with E-state index in [4.69, 9.17) is 4.74 Å². The van der Waals surface area contributed by atoms with Crippen molar-refractivity contribution < 1.29 is 9.53 Å². The predicted molar refractivity (Wildman–Crippen MR) is 77.7 cm³/mol. The molecule has 1 aromatic rings. The number of methoxy groups -OCH3 is 1. The molecule has 0 saturated carbocycles. The van der Waals surface area contributed by atoms with Crippen molar-refractivity contribution in [2.45, 2.75) is 31.8 Å². The standard InChI is InChI=1S/C14H20N2O2.ClH/c1-18-12-7-5-11(6-8-12)10-16-14(17)13-4-2-3-9-15-13;/h5-8,13,15H,2-4,9-10H2,1H3,(H,16,17);1H/t13-;/m1./s1. The van der Waals surface area contributed by atoms with Gasteiger partial charge in [0.25, 0.3) is 0 Å². The Balaban J connectivity index is 0.00000180. The lowest BCUT2D eigenvalue weighted by Crippen LogP contribution is -2.46. The number of rotatable bonds is 4. The number of carbonyl (C=O) groups excluding carboxylic acids is 1. The van der Waals surface area contributed by atoms with Gasteiger partial charge in [-0.05, 0) is 37.1 Å². The number of hydrogen-bond acceptors (Lipinski definition) is 3. The first-order valence-corrected chi connectivity index (χ1v) is 6.43. The van der Waals surface area contributed by atoms with Gasteiger partial charge in [-0.3, -0.25) is 4.79 Å². The minimum atomic E-state index is -0.0167. The zero-order valence-corrected chi connectivity index (χ0v) is 12.0. The Bertz CT molecular complexity index is 389. The number of nitrogens with one attached hydrogen (secondary N) is 2. The predicted octanol–water partition coefficient (Wildman–Crippen LogP) is 1.88. The fourth-order valence-electron chi connectivity index (χ4n) is 2.13. The number of ether oxygens (including phenoxy) is 1. The molecule has 1 aliphatic rings. The van der Waals surface area contributed by atoms with E-state index in [0.29, 0.717) is 6.54 Å². The van der Waals surface area contributed by atoms with Crippen molar-refractivity contribution in [2.24, 2.45) is 0 Å². The third kappa shape index (κ3) is 4.73. The quantitative estimate of drug-likeness (QED) is 0.888. The molecule has 0 spiro atoms. The SMILES string of the molecule is COc1ccc(CNC(=O)[C@H]2CCCCN2)cc1.Cl. The van der Waals surface area contributed by atoms with Crippen LogP contribution in [0.4, 0.5) is 0 Å². The highest BCUT2D eigenvalue weighted by Gasteiger charge is 2.19. The van der Waals surface area contributed by atoms with Gasteiger partial charge < -0.3 is 15.4 Å². The van der Waals surface area contributed by atoms with E-state index in [0.717, 1.165) is 30.7 Å². The molecule has 1 fully saturated rings. The number of halogens is 1. The van der Waals surface area contributed by atoms with Gasteiger partial charge in [0.15, 0.2) is 0 Å². The summed E-state index contributed by atoms with van der Waals surface area (Å²) in [7, 11) is 1.64. The lowest BCUT2D eigenvalue weighted by molar-refractivity contribution is -0.123. The van der Waals surface area contributed by atoms with Crippen molar-refractivity contribution in [3.63, 3.8) is 0 Å². The third-order valence-corrected chi connectivity index (χ3v) is 3.25. The fourth-order valence-corrected chi connectivity index (χ4v) is 2.13. The molecular weight excluding hydrogens is 264 g/mol. The lowest BCUT2D eigenvalue weighted by atomic mass is 10.0. The monoisotopic (exact) mass is 284 g/mol. The summed E-state index contributed by atoms with van der Waals surface area (Å²) in [5.74, 6) is 0.935. The van der Waals surface area contributed by atoms with Gasteiger partial charge in [-0.25, -0.2) is 0 Å². The van der Waals surface area contributed by atoms with Crippen LogP contribution in [0.5, 0.6) is 5.75 Å². The van der Waals surface area contributed by atoms with Crippen LogP contribution >= 0.6 is 12.4 Å². The Kier molecular flexibility index (Phi) is 6.67. The normalized spacial score (nSPS) is 18.3. The maximum atomic E-state index is 11.9. The lowest BCUT2D eigenvalue weighted by Gasteiger charge is -2.22. The molecule has 1 atom stereocenters. The minimum Gasteiger partial charge on any atom is -0.497 e. The first kappa shape index (κ1) is 15.8. The molecule has 2 N–H and O–H groups in total. The molecule has 106 valence electrons. The van der Waals surface area contributed by atoms with E-state index in [1.807, 2.05) is 24.3 Å². The van der Waals surface area contributed by atoms with Crippen LogP contribution in [0.1, 0.15) is 24.8 Å². The maximum Gasteiger partial charge on any atom is 0.237 e. The summed E-state index contributed by atoms with van der Waals surface area (Å²) in [5.41, 5.74) is 1.08. The number of carbonyl (C=O) groups is 1. The number of amides is 1. The third-order valence-electron chi connectivity index (χ3n) is 3.25. The van der Waals surface area contributed by atoms with E-state index in [1.54, 1.807) is 7.11 Å². The van der Waals surface area contributed by atoms with E-state index in [-0.39, 0.29) is 24.4 Å². The zero-order chi connectivity index (χ0) is 12.8. The second-order valence-electron chi connectivity index (χ2n) is 4.57. The van der Waals surface area contributed by atoms with Gasteiger partial charge in [0, 0.05) is 6.54 Å². The molecule has 0 aromatic heterocycles. The highest BCUT2D eigenvalue weighted by molar-refractivity contribution is 5.85. The number of benzene rings is 1. The summed E-state index contributed by atoms with van der Waals surface area (Å²) in [6.07, 6.45) is 3.24. The summed E-state index contributed by atoms with van der Waals surface area (Å²) < 4.78 is 5.09. The van der Waals surface area contributed by atoms with E-state index in [1.165, 1.54) is 6.42 Å². The van der Waals surface area contributed by atoms with Gasteiger partial charge in [0.1, 0.15) is 5.75 Å². The molecule has 0 radical (unpaired) electrons. The summed E-state index contributed by atoms with van der Waals surface area (Å²) in [6.45, 7) is 1.52. The molecule has 1 aromatic carbocycles. The Morgan fingerprint density at radius 2 is 2.11 bits per heavy atom. The molecule has 5 heteroatoms. The van der Waals surface area contributed by atoms with Crippen molar-refractivity contribution in [3.05, 3.63) is 29.8 Å². The number of hydrogen-bond donors (Lipinski definition) is 2. The molecule has 4 nitrogen and oxygen atoms in total. The Labute approximate surface area is 120 Å². The van der Waals surface area contributed by atoms with Crippen LogP contribution in [0.15, 0.2) is 24.3 Å². The van der Waals surface area contributed by atoms with Crippen molar-refractivity contribution in [1.82, 2.24) is 10.6 Å². The smallest absolute Gasteiger partial charge is 0.237 e. The summed E-state index contributed by atoms with van der Waals surface area (Å²) >= 11 is 0. The zero-order valence-electron chi connectivity index (χ0n) is 11.1. The van der Waals surface area contributed by atoms with Gasteiger partial charge in [-0.1, -0.05) is 18.6 Å². The summed E-state index contributed by atoms with van der Waals surface area (Å²) in [5, 5.41) is 6.21. The van der Waals surface area contributed by atoms with Crippen LogP contribution < -0.4 is 15.4 Å². The average Bonchev–Trinajstić information content (AvgIpc) is 2.46. The van der Waals surface area contributed by atoms with E-state index in [9.17, 15) is 4.79 Å². The topological polar surface area (TPSA) is 50.4 Å². The molecular formula is C14H21ClN2O2. The molecule has 1 aliphatic heterocycles. The van der Waals surface area contributed by atoms with Gasteiger partial charge in [-0.15, -0.1) is 12.4 Å². The van der Waals surface area contributed by atoms with Crippen LogP contribution in [-0.4, -0.2) is 25.6 Å². The van der Waals surface area contributed by atoms with Crippen molar-refractivity contribution in [2.75, 3.05) is 13.7 Å². The van der Waals surface area contributed by atoms with Gasteiger partial charge in [-0.2, -0.15) is 0 Å². The van der Waals surface area contributed by atoms with E-state index in [2.05, 4.69) is 10.6 Å². The largest absolute Gasteiger partial charge is 0.497 e. The molecule has 1 heterocycles. The highest BCUT2D eigenvalue weighted by atomic mass is 35.5. The van der Waals surface area contributed by atoms with Crippen LogP contribution in [0.2, 0.25) is 0 Å². The second-order valence-corrected chi connectivity index (χ2v) is 4.57. The van der Waals surface area contributed by atoms with Crippen molar-refractivity contribution >= 4 is 18.3 Å². The summed E-state index contributed by atoms with van der Waals surface area (Å²) in [6, 6.07) is 7.72. The molecule has 2 rings (SSSR count). The first-order valence-electron chi connectivity index (χ1n) is 6.43. The average molecular weight is 285 g/mol. The van der Waals surface area contributed by atoms with E-state index < -0.39 is 0 Å². The Hall–Kier alpha value is -1.26. The molecule has 0 bridgehead atoms. The molecule has 0 unspecified atom stereocenters. The van der Waals surface area contributed by atoms with E-state index >= 15 is 0 Å². The van der Waals surface area contributed by atoms with Crippen LogP contribution in [0, 0.1) is 0 Å². The first-order chi connectivity index (χ1) is 8.79. The fraction of sp³-hybridized carbons (Fsp3) is 0.500. The van der Waals surface area contributed by atoms with Crippen LogP contribution in [0.25, 0.3) is 0 Å². The maximum absolute atomic E-state index is 11.9. The van der Waals surface area contributed by atoms with Crippen molar-refractivity contribution in [1.29, 1.82) is 0 Å². The minimum absolute atomic E-state index is 0. The molecule has 1 saturated heterocycles. The van der Waals surface area contributed by atoms with Crippen molar-refractivity contribution in [3.8, 4) is 5.75 Å². The van der Waals surface area contributed by atoms with Gasteiger partial charge in [0.2, 0.25) is 5.91 Å². The van der Waals surface area contributed by atoms with Gasteiger partial charge in [0.05, 0.1) is 13.2 Å².